The molecular formula is C11H19N3. The van der Waals surface area contributed by atoms with Crippen molar-refractivity contribution in [2.75, 3.05) is 31.1 Å². The van der Waals surface area contributed by atoms with Gasteiger partial charge < -0.3 is 14.8 Å². The van der Waals surface area contributed by atoms with Crippen LogP contribution >= 0.6 is 0 Å². The van der Waals surface area contributed by atoms with E-state index in [1.54, 1.807) is 0 Å². The Morgan fingerprint density at radius 1 is 1.21 bits per heavy atom. The van der Waals surface area contributed by atoms with Gasteiger partial charge in [-0.2, -0.15) is 0 Å². The van der Waals surface area contributed by atoms with E-state index in [1.807, 2.05) is 0 Å². The monoisotopic (exact) mass is 193 g/mol. The average molecular weight is 193 g/mol. The van der Waals surface area contributed by atoms with Gasteiger partial charge in [0.2, 0.25) is 0 Å². The average Bonchev–Trinajstić information content (AvgIpc) is 2.47. The Morgan fingerprint density at radius 3 is 2.36 bits per heavy atom. The van der Waals surface area contributed by atoms with Gasteiger partial charge in [-0.05, 0) is 19.9 Å². The molecular weight excluding hydrogens is 174 g/mol. The highest BCUT2D eigenvalue weighted by molar-refractivity contribution is 5.53. The van der Waals surface area contributed by atoms with E-state index in [2.05, 4.69) is 41.7 Å². The third-order valence-electron chi connectivity index (χ3n) is 3.21. The van der Waals surface area contributed by atoms with E-state index < -0.39 is 0 Å². The van der Waals surface area contributed by atoms with Crippen LogP contribution in [0.3, 0.4) is 0 Å². The lowest BCUT2D eigenvalue weighted by Crippen LogP contribution is -2.43. The van der Waals surface area contributed by atoms with Gasteiger partial charge in [0.25, 0.3) is 0 Å². The summed E-state index contributed by atoms with van der Waals surface area (Å²) in [5.74, 6) is 0. The number of aryl methyl sites for hydroxylation is 1. The minimum absolute atomic E-state index is 1.10. The van der Waals surface area contributed by atoms with Crippen molar-refractivity contribution < 1.29 is 0 Å². The fourth-order valence-corrected chi connectivity index (χ4v) is 2.06. The largest absolute Gasteiger partial charge is 0.368 e. The van der Waals surface area contributed by atoms with E-state index in [-0.39, 0.29) is 0 Å². The smallest absolute Gasteiger partial charge is 0.0579 e. The van der Waals surface area contributed by atoms with E-state index >= 15 is 0 Å². The van der Waals surface area contributed by atoms with E-state index in [4.69, 9.17) is 0 Å². The van der Waals surface area contributed by atoms with E-state index in [0.29, 0.717) is 0 Å². The Labute approximate surface area is 85.7 Å². The molecule has 0 bridgehead atoms. The summed E-state index contributed by atoms with van der Waals surface area (Å²) in [7, 11) is 2.14. The molecule has 1 aliphatic heterocycles. The molecule has 1 N–H and O–H groups in total. The molecule has 0 atom stereocenters. The van der Waals surface area contributed by atoms with Gasteiger partial charge in [-0.25, -0.2) is 0 Å². The summed E-state index contributed by atoms with van der Waals surface area (Å²) in [4.78, 5) is 2.47. The lowest BCUT2D eigenvalue weighted by molar-refractivity contribution is 0.588. The molecule has 3 heteroatoms. The molecule has 78 valence electrons. The van der Waals surface area contributed by atoms with Crippen molar-refractivity contribution >= 4 is 5.69 Å². The van der Waals surface area contributed by atoms with Gasteiger partial charge in [0, 0.05) is 44.6 Å². The predicted octanol–water partition coefficient (Wildman–Crippen LogP) is 1.05. The Hall–Kier alpha value is -0.960. The summed E-state index contributed by atoms with van der Waals surface area (Å²) in [6, 6.07) is 2.29. The topological polar surface area (TPSA) is 20.2 Å². The summed E-state index contributed by atoms with van der Waals surface area (Å²) in [6.45, 7) is 8.83. The molecule has 0 spiro atoms. The number of nitrogens with one attached hydrogen (secondary N) is 1. The molecule has 2 heterocycles. The number of piperazine rings is 1. The minimum Gasteiger partial charge on any atom is -0.368 e. The molecule has 1 aromatic heterocycles. The summed E-state index contributed by atoms with van der Waals surface area (Å²) in [5.41, 5.74) is 4.13. The zero-order valence-electron chi connectivity index (χ0n) is 9.30. The van der Waals surface area contributed by atoms with Crippen LogP contribution in [-0.4, -0.2) is 30.7 Å². The van der Waals surface area contributed by atoms with Gasteiger partial charge in [-0.3, -0.25) is 0 Å². The van der Waals surface area contributed by atoms with Crippen LogP contribution in [0.5, 0.6) is 0 Å². The number of hydrogen-bond donors (Lipinski definition) is 1. The van der Waals surface area contributed by atoms with Gasteiger partial charge >= 0.3 is 0 Å². The second kappa shape index (κ2) is 3.65. The van der Waals surface area contributed by atoms with Gasteiger partial charge in [-0.15, -0.1) is 0 Å². The molecule has 0 saturated carbocycles. The fraction of sp³-hybridized carbons (Fsp3) is 0.636. The van der Waals surface area contributed by atoms with Crippen LogP contribution in [0.4, 0.5) is 5.69 Å². The molecule has 1 aliphatic rings. The molecule has 0 aliphatic carbocycles. The van der Waals surface area contributed by atoms with Gasteiger partial charge in [-0.1, -0.05) is 0 Å². The van der Waals surface area contributed by atoms with Gasteiger partial charge in [0.05, 0.1) is 5.69 Å². The Kier molecular flexibility index (Phi) is 2.50. The summed E-state index contributed by atoms with van der Waals surface area (Å²) in [6.07, 6.45) is 0. The minimum atomic E-state index is 1.10. The van der Waals surface area contributed by atoms with Crippen molar-refractivity contribution in [3.63, 3.8) is 0 Å². The number of rotatable bonds is 1. The quantitative estimate of drug-likeness (QED) is 0.719. The maximum atomic E-state index is 3.38. The van der Waals surface area contributed by atoms with Crippen LogP contribution < -0.4 is 10.2 Å². The molecule has 0 radical (unpaired) electrons. The highest BCUT2D eigenvalue weighted by Gasteiger charge is 2.15. The normalized spacial score (nSPS) is 17.5. The molecule has 1 saturated heterocycles. The first kappa shape index (κ1) is 9.59. The molecule has 1 aromatic rings. The van der Waals surface area contributed by atoms with Gasteiger partial charge in [0.1, 0.15) is 0 Å². The van der Waals surface area contributed by atoms with Crippen LogP contribution in [0.1, 0.15) is 11.4 Å². The second-order valence-electron chi connectivity index (χ2n) is 4.05. The zero-order chi connectivity index (χ0) is 10.1. The molecule has 3 nitrogen and oxygen atoms in total. The highest BCUT2D eigenvalue weighted by Crippen LogP contribution is 2.23. The third kappa shape index (κ3) is 1.52. The maximum absolute atomic E-state index is 3.38. The number of anilines is 1. The second-order valence-corrected chi connectivity index (χ2v) is 4.05. The molecule has 2 rings (SSSR count). The molecule has 14 heavy (non-hydrogen) atoms. The highest BCUT2D eigenvalue weighted by atomic mass is 15.2. The van der Waals surface area contributed by atoms with Crippen molar-refractivity contribution in [2.24, 2.45) is 7.05 Å². The summed E-state index contributed by atoms with van der Waals surface area (Å²) in [5, 5.41) is 3.38. The van der Waals surface area contributed by atoms with Crippen molar-refractivity contribution in [3.8, 4) is 0 Å². The predicted molar refractivity (Wildman–Crippen MR) is 60.0 cm³/mol. The van der Waals surface area contributed by atoms with Crippen molar-refractivity contribution in [1.29, 1.82) is 0 Å². The lowest BCUT2D eigenvalue weighted by atomic mass is 10.3. The number of aromatic nitrogens is 1. The first-order valence-corrected chi connectivity index (χ1v) is 5.28. The standard InChI is InChI=1S/C11H19N3/c1-9-8-11(10(2)13(9)3)14-6-4-12-5-7-14/h8,12H,4-7H2,1-3H3. The first-order valence-electron chi connectivity index (χ1n) is 5.28. The van der Waals surface area contributed by atoms with Crippen molar-refractivity contribution in [2.45, 2.75) is 13.8 Å². The molecule has 0 unspecified atom stereocenters. The van der Waals surface area contributed by atoms with Gasteiger partial charge in [0.15, 0.2) is 0 Å². The summed E-state index contributed by atoms with van der Waals surface area (Å²) < 4.78 is 2.26. The van der Waals surface area contributed by atoms with E-state index in [1.165, 1.54) is 17.1 Å². The van der Waals surface area contributed by atoms with Crippen LogP contribution in [0.25, 0.3) is 0 Å². The molecule has 0 amide bonds. The van der Waals surface area contributed by atoms with Crippen LogP contribution in [0, 0.1) is 13.8 Å². The zero-order valence-corrected chi connectivity index (χ0v) is 9.30. The van der Waals surface area contributed by atoms with Crippen LogP contribution in [0.2, 0.25) is 0 Å². The van der Waals surface area contributed by atoms with Crippen molar-refractivity contribution in [1.82, 2.24) is 9.88 Å². The number of nitrogens with zero attached hydrogens (tertiary/aromatic N) is 2. The SMILES string of the molecule is Cc1cc(N2CCNCC2)c(C)n1C. The Bertz CT molecular complexity index is 322. The fourth-order valence-electron chi connectivity index (χ4n) is 2.06. The molecule has 1 fully saturated rings. The number of hydrogen-bond acceptors (Lipinski definition) is 2. The van der Waals surface area contributed by atoms with Crippen LogP contribution in [-0.2, 0) is 7.05 Å². The van der Waals surface area contributed by atoms with Crippen LogP contribution in [0.15, 0.2) is 6.07 Å². The lowest BCUT2D eigenvalue weighted by Gasteiger charge is -2.29. The summed E-state index contributed by atoms with van der Waals surface area (Å²) >= 11 is 0. The Morgan fingerprint density at radius 2 is 1.86 bits per heavy atom. The van der Waals surface area contributed by atoms with E-state index in [0.717, 1.165) is 26.2 Å². The first-order chi connectivity index (χ1) is 6.70. The third-order valence-corrected chi connectivity index (χ3v) is 3.21. The maximum Gasteiger partial charge on any atom is 0.0579 e. The molecule has 0 aromatic carbocycles. The van der Waals surface area contributed by atoms with E-state index in [9.17, 15) is 0 Å². The Balaban J connectivity index is 2.26. The van der Waals surface area contributed by atoms with Crippen molar-refractivity contribution in [3.05, 3.63) is 17.5 Å².